The number of nitrogens with zero attached hydrogens (tertiary/aromatic N) is 1. The second kappa shape index (κ2) is 5.95. The average molecular weight is 302 g/mol. The molecule has 6 heteroatoms. The maximum atomic E-state index is 13.0. The Morgan fingerprint density at radius 2 is 1.86 bits per heavy atom. The van der Waals surface area contributed by atoms with Crippen LogP contribution in [0.15, 0.2) is 18.2 Å². The van der Waals surface area contributed by atoms with E-state index in [4.69, 9.17) is 0 Å². The molecule has 0 spiro atoms. The standard InChI is InChI=1S/C15H21F3N2O/c1-6-14(2,3)20(5)13(21)10-7-8-12(19-4)11(9-10)15(16,17)18/h7-9,19H,6H2,1-5H3. The van der Waals surface area contributed by atoms with Gasteiger partial charge in [-0.15, -0.1) is 0 Å². The first-order valence-electron chi connectivity index (χ1n) is 6.71. The van der Waals surface area contributed by atoms with Crippen molar-refractivity contribution < 1.29 is 18.0 Å². The Morgan fingerprint density at radius 1 is 1.29 bits per heavy atom. The van der Waals surface area contributed by atoms with E-state index in [1.54, 1.807) is 7.05 Å². The molecule has 3 nitrogen and oxygen atoms in total. The summed E-state index contributed by atoms with van der Waals surface area (Å²) < 4.78 is 39.0. The van der Waals surface area contributed by atoms with Crippen molar-refractivity contribution in [2.45, 2.75) is 38.9 Å². The van der Waals surface area contributed by atoms with Crippen molar-refractivity contribution in [3.8, 4) is 0 Å². The van der Waals surface area contributed by atoms with E-state index in [9.17, 15) is 18.0 Å². The van der Waals surface area contributed by atoms with Gasteiger partial charge in [0, 0.05) is 30.9 Å². The van der Waals surface area contributed by atoms with Gasteiger partial charge >= 0.3 is 6.18 Å². The van der Waals surface area contributed by atoms with Crippen LogP contribution < -0.4 is 5.32 Å². The zero-order chi connectivity index (χ0) is 16.4. The second-order valence-electron chi connectivity index (χ2n) is 5.54. The van der Waals surface area contributed by atoms with Crippen LogP contribution in [0.3, 0.4) is 0 Å². The molecule has 0 saturated heterocycles. The van der Waals surface area contributed by atoms with Crippen molar-refractivity contribution in [3.63, 3.8) is 0 Å². The van der Waals surface area contributed by atoms with Gasteiger partial charge in [-0.2, -0.15) is 13.2 Å². The number of carbonyl (C=O) groups is 1. The second-order valence-corrected chi connectivity index (χ2v) is 5.54. The fourth-order valence-corrected chi connectivity index (χ4v) is 1.84. The SMILES string of the molecule is CCC(C)(C)N(C)C(=O)c1ccc(NC)c(C(F)(F)F)c1. The van der Waals surface area contributed by atoms with E-state index >= 15 is 0 Å². The van der Waals surface area contributed by atoms with E-state index in [1.165, 1.54) is 24.1 Å². The van der Waals surface area contributed by atoms with Crippen molar-refractivity contribution in [3.05, 3.63) is 29.3 Å². The van der Waals surface area contributed by atoms with Gasteiger partial charge in [0.05, 0.1) is 5.56 Å². The first-order chi connectivity index (χ1) is 9.54. The molecule has 0 aromatic heterocycles. The number of hydrogen-bond acceptors (Lipinski definition) is 2. The summed E-state index contributed by atoms with van der Waals surface area (Å²) in [5, 5.41) is 2.49. The lowest BCUT2D eigenvalue weighted by Crippen LogP contribution is -2.44. The summed E-state index contributed by atoms with van der Waals surface area (Å²) >= 11 is 0. The highest BCUT2D eigenvalue weighted by atomic mass is 19.4. The van der Waals surface area contributed by atoms with Crippen LogP contribution in [0.2, 0.25) is 0 Å². The summed E-state index contributed by atoms with van der Waals surface area (Å²) in [6.07, 6.45) is -3.80. The molecule has 1 rings (SSSR count). The first-order valence-corrected chi connectivity index (χ1v) is 6.71. The van der Waals surface area contributed by atoms with E-state index in [0.717, 1.165) is 6.07 Å². The summed E-state index contributed by atoms with van der Waals surface area (Å²) in [5.41, 5.74) is -1.27. The summed E-state index contributed by atoms with van der Waals surface area (Å²) in [4.78, 5) is 13.8. The van der Waals surface area contributed by atoms with E-state index < -0.39 is 23.2 Å². The summed E-state index contributed by atoms with van der Waals surface area (Å²) in [5.74, 6) is -0.421. The maximum Gasteiger partial charge on any atom is 0.418 e. The van der Waals surface area contributed by atoms with Gasteiger partial charge in [0.1, 0.15) is 0 Å². The van der Waals surface area contributed by atoms with Gasteiger partial charge in [-0.3, -0.25) is 4.79 Å². The number of carbonyl (C=O) groups excluding carboxylic acids is 1. The molecule has 1 aromatic carbocycles. The minimum atomic E-state index is -4.51. The van der Waals surface area contributed by atoms with E-state index in [0.29, 0.717) is 6.42 Å². The molecule has 0 aliphatic carbocycles. The van der Waals surface area contributed by atoms with Crippen molar-refractivity contribution in [2.75, 3.05) is 19.4 Å². The van der Waals surface area contributed by atoms with Gasteiger partial charge in [-0.05, 0) is 38.5 Å². The van der Waals surface area contributed by atoms with Crippen molar-refractivity contribution >= 4 is 11.6 Å². The minimum absolute atomic E-state index is 0.0327. The van der Waals surface area contributed by atoms with Crippen LogP contribution in [-0.4, -0.2) is 30.4 Å². The molecule has 1 amide bonds. The van der Waals surface area contributed by atoms with Crippen LogP contribution in [0.1, 0.15) is 43.1 Å². The van der Waals surface area contributed by atoms with E-state index in [-0.39, 0.29) is 11.3 Å². The first kappa shape index (κ1) is 17.3. The Hall–Kier alpha value is -1.72. The third-order valence-electron chi connectivity index (χ3n) is 3.92. The summed E-state index contributed by atoms with van der Waals surface area (Å²) in [6.45, 7) is 5.67. The third-order valence-corrected chi connectivity index (χ3v) is 3.92. The molecular weight excluding hydrogens is 281 g/mol. The number of benzene rings is 1. The number of alkyl halides is 3. The largest absolute Gasteiger partial charge is 0.418 e. The average Bonchev–Trinajstić information content (AvgIpc) is 2.43. The Balaban J connectivity index is 3.24. The third kappa shape index (κ3) is 3.68. The van der Waals surface area contributed by atoms with Gasteiger partial charge in [0.2, 0.25) is 0 Å². The smallest absolute Gasteiger partial charge is 0.388 e. The number of nitrogens with one attached hydrogen (secondary N) is 1. The molecule has 0 bridgehead atoms. The molecule has 1 aromatic rings. The lowest BCUT2D eigenvalue weighted by molar-refractivity contribution is -0.136. The zero-order valence-electron chi connectivity index (χ0n) is 12.9. The number of halogens is 3. The van der Waals surface area contributed by atoms with Crippen LogP contribution >= 0.6 is 0 Å². The van der Waals surface area contributed by atoms with Gasteiger partial charge < -0.3 is 10.2 Å². The van der Waals surface area contributed by atoms with Crippen LogP contribution in [0, 0.1) is 0 Å². The normalized spacial score (nSPS) is 12.2. The van der Waals surface area contributed by atoms with Gasteiger partial charge in [-0.1, -0.05) is 6.92 Å². The molecule has 0 fully saturated rings. The number of anilines is 1. The fourth-order valence-electron chi connectivity index (χ4n) is 1.84. The molecule has 21 heavy (non-hydrogen) atoms. The van der Waals surface area contributed by atoms with Crippen molar-refractivity contribution in [2.24, 2.45) is 0 Å². The van der Waals surface area contributed by atoms with E-state index in [2.05, 4.69) is 5.32 Å². The Morgan fingerprint density at radius 3 is 2.29 bits per heavy atom. The van der Waals surface area contributed by atoms with E-state index in [1.807, 2.05) is 20.8 Å². The quantitative estimate of drug-likeness (QED) is 0.911. The molecule has 118 valence electrons. The molecule has 0 unspecified atom stereocenters. The highest BCUT2D eigenvalue weighted by Gasteiger charge is 2.35. The Bertz CT molecular complexity index is 524. The van der Waals surface area contributed by atoms with Gasteiger partial charge in [0.15, 0.2) is 0 Å². The van der Waals surface area contributed by atoms with Crippen LogP contribution in [-0.2, 0) is 6.18 Å². The molecular formula is C15H21F3N2O. The summed E-state index contributed by atoms with van der Waals surface area (Å²) in [7, 11) is 3.02. The highest BCUT2D eigenvalue weighted by molar-refractivity contribution is 5.95. The fraction of sp³-hybridized carbons (Fsp3) is 0.533. The zero-order valence-corrected chi connectivity index (χ0v) is 12.9. The topological polar surface area (TPSA) is 32.3 Å². The van der Waals surface area contributed by atoms with Gasteiger partial charge in [0.25, 0.3) is 5.91 Å². The number of rotatable bonds is 4. The van der Waals surface area contributed by atoms with Crippen LogP contribution in [0.4, 0.5) is 18.9 Å². The molecule has 0 radical (unpaired) electrons. The lowest BCUT2D eigenvalue weighted by atomic mass is 9.98. The molecule has 0 saturated carbocycles. The predicted octanol–water partition coefficient (Wildman–Crippen LogP) is 4.01. The van der Waals surface area contributed by atoms with Crippen molar-refractivity contribution in [1.82, 2.24) is 4.90 Å². The lowest BCUT2D eigenvalue weighted by Gasteiger charge is -2.35. The highest BCUT2D eigenvalue weighted by Crippen LogP contribution is 2.35. The van der Waals surface area contributed by atoms with Crippen molar-refractivity contribution in [1.29, 1.82) is 0 Å². The maximum absolute atomic E-state index is 13.0. The predicted molar refractivity (Wildman–Crippen MR) is 77.5 cm³/mol. The Kier molecular flexibility index (Phi) is 4.91. The van der Waals surface area contributed by atoms with Crippen LogP contribution in [0.5, 0.6) is 0 Å². The monoisotopic (exact) mass is 302 g/mol. The minimum Gasteiger partial charge on any atom is -0.388 e. The number of amides is 1. The summed E-state index contributed by atoms with van der Waals surface area (Å²) in [6, 6.07) is 3.59. The van der Waals surface area contributed by atoms with Gasteiger partial charge in [-0.25, -0.2) is 0 Å². The molecule has 0 atom stereocenters. The molecule has 0 aliphatic rings. The number of hydrogen-bond donors (Lipinski definition) is 1. The molecule has 0 heterocycles. The molecule has 0 aliphatic heterocycles. The molecule has 1 N–H and O–H groups in total. The van der Waals surface area contributed by atoms with Crippen LogP contribution in [0.25, 0.3) is 0 Å². The Labute approximate surface area is 123 Å².